The second-order valence-electron chi connectivity index (χ2n) is 8.86. The van der Waals surface area contributed by atoms with Gasteiger partial charge in [0.25, 0.3) is 0 Å². The molecule has 1 aliphatic rings. The maximum absolute atomic E-state index is 14.1. The Morgan fingerprint density at radius 2 is 1.71 bits per heavy atom. The summed E-state index contributed by atoms with van der Waals surface area (Å²) in [7, 11) is 0. The Hall–Kier alpha value is -3.48. The minimum Gasteiger partial charge on any atom is -0.296 e. The lowest BCUT2D eigenvalue weighted by Gasteiger charge is -2.19. The van der Waals surface area contributed by atoms with E-state index in [0.29, 0.717) is 36.6 Å². The fourth-order valence-electron chi connectivity index (χ4n) is 4.42. The largest absolute Gasteiger partial charge is 0.296 e. The lowest BCUT2D eigenvalue weighted by Crippen LogP contribution is -2.30. The first-order valence-corrected chi connectivity index (χ1v) is 12.2. The summed E-state index contributed by atoms with van der Waals surface area (Å²) in [5, 5.41) is 8.64. The van der Waals surface area contributed by atoms with Crippen molar-refractivity contribution >= 4 is 17.4 Å². The molecule has 0 saturated heterocycles. The molecule has 5 nitrogen and oxygen atoms in total. The van der Waals surface area contributed by atoms with Crippen LogP contribution in [0.1, 0.15) is 69.5 Å². The molecule has 1 aliphatic heterocycles. The molecule has 182 valence electrons. The number of amides is 1. The third-order valence-corrected chi connectivity index (χ3v) is 6.35. The van der Waals surface area contributed by atoms with E-state index in [2.05, 4.69) is 22.1 Å². The molecule has 2 aromatic carbocycles. The van der Waals surface area contributed by atoms with Crippen molar-refractivity contribution in [2.75, 3.05) is 11.4 Å². The van der Waals surface area contributed by atoms with Crippen molar-refractivity contribution in [3.05, 3.63) is 77.4 Å². The minimum atomic E-state index is -0.578. The van der Waals surface area contributed by atoms with Gasteiger partial charge in [-0.3, -0.25) is 14.7 Å². The molecule has 1 amide bonds. The van der Waals surface area contributed by atoms with Crippen molar-refractivity contribution in [1.82, 2.24) is 10.2 Å². The van der Waals surface area contributed by atoms with E-state index in [1.807, 2.05) is 36.4 Å². The van der Waals surface area contributed by atoms with Crippen LogP contribution in [0.15, 0.2) is 59.6 Å². The van der Waals surface area contributed by atoms with Gasteiger partial charge >= 0.3 is 0 Å². The molecule has 0 N–H and O–H groups in total. The molecule has 7 heteroatoms. The number of hydrogen-bond donors (Lipinski definition) is 0. The maximum Gasteiger partial charge on any atom is 0.225 e. The van der Waals surface area contributed by atoms with Crippen molar-refractivity contribution in [2.24, 2.45) is 4.99 Å². The molecule has 0 radical (unpaired) electrons. The van der Waals surface area contributed by atoms with Crippen molar-refractivity contribution < 1.29 is 13.6 Å². The number of hydrogen-bond acceptors (Lipinski definition) is 4. The molecule has 1 aromatic heterocycles. The molecule has 1 unspecified atom stereocenters. The second-order valence-corrected chi connectivity index (χ2v) is 8.86. The smallest absolute Gasteiger partial charge is 0.225 e. The quantitative estimate of drug-likeness (QED) is 0.324. The fraction of sp³-hybridized carbons (Fsp3) is 0.357. The van der Waals surface area contributed by atoms with Crippen LogP contribution < -0.4 is 4.90 Å². The van der Waals surface area contributed by atoms with Crippen LogP contribution in [-0.4, -0.2) is 28.4 Å². The van der Waals surface area contributed by atoms with E-state index in [9.17, 15) is 13.6 Å². The normalized spacial score (nSPS) is 15.2. The Bertz CT molecular complexity index is 1170. The molecule has 0 aliphatic carbocycles. The summed E-state index contributed by atoms with van der Waals surface area (Å²) in [4.78, 5) is 18.4. The van der Waals surface area contributed by atoms with Gasteiger partial charge in [-0.1, -0.05) is 56.5 Å². The van der Waals surface area contributed by atoms with Gasteiger partial charge in [0.05, 0.1) is 17.3 Å². The average molecular weight is 477 g/mol. The van der Waals surface area contributed by atoms with Crippen LogP contribution >= 0.6 is 0 Å². The van der Waals surface area contributed by atoms with E-state index in [-0.39, 0.29) is 17.5 Å². The van der Waals surface area contributed by atoms with Gasteiger partial charge in [-0.25, -0.2) is 8.78 Å². The predicted octanol–water partition coefficient (Wildman–Crippen LogP) is 6.68. The number of anilines is 1. The number of nitrogens with zero attached hydrogens (tertiary/aromatic N) is 4. The molecule has 0 fully saturated rings. The van der Waals surface area contributed by atoms with Crippen molar-refractivity contribution in [3.63, 3.8) is 0 Å². The van der Waals surface area contributed by atoms with Gasteiger partial charge in [-0.15, -0.1) is 10.2 Å². The van der Waals surface area contributed by atoms with Gasteiger partial charge in [0.1, 0.15) is 11.6 Å². The summed E-state index contributed by atoms with van der Waals surface area (Å²) in [6, 6.07) is 15.3. The summed E-state index contributed by atoms with van der Waals surface area (Å²) in [6.45, 7) is 4.34. The van der Waals surface area contributed by atoms with Crippen molar-refractivity contribution in [2.45, 2.75) is 58.4 Å². The highest BCUT2D eigenvalue weighted by atomic mass is 19.1. The molecule has 0 spiro atoms. The van der Waals surface area contributed by atoms with E-state index >= 15 is 0 Å². The molecular weight excluding hydrogens is 446 g/mol. The van der Waals surface area contributed by atoms with Crippen molar-refractivity contribution in [1.29, 1.82) is 0 Å². The monoisotopic (exact) mass is 476 g/mol. The number of aromatic nitrogens is 2. The van der Waals surface area contributed by atoms with Gasteiger partial charge in [-0.05, 0) is 49.1 Å². The van der Waals surface area contributed by atoms with Gasteiger partial charge in [0.2, 0.25) is 5.91 Å². The van der Waals surface area contributed by atoms with E-state index in [1.54, 1.807) is 11.8 Å². The van der Waals surface area contributed by atoms with E-state index in [4.69, 9.17) is 0 Å². The number of aliphatic imine (C=N–C) groups is 1. The highest BCUT2D eigenvalue weighted by Crippen LogP contribution is 2.33. The molecule has 4 rings (SSSR count). The van der Waals surface area contributed by atoms with E-state index < -0.39 is 11.6 Å². The Labute approximate surface area is 204 Å². The van der Waals surface area contributed by atoms with Gasteiger partial charge in [0, 0.05) is 24.7 Å². The number of carbonyl (C=O) groups excluding carboxylic acids is 1. The van der Waals surface area contributed by atoms with Crippen LogP contribution in [0, 0.1) is 11.6 Å². The van der Waals surface area contributed by atoms with Crippen LogP contribution in [0.2, 0.25) is 0 Å². The average Bonchev–Trinajstić information content (AvgIpc) is 3.34. The van der Waals surface area contributed by atoms with Crippen LogP contribution in [0.5, 0.6) is 0 Å². The zero-order chi connectivity index (χ0) is 24.8. The lowest BCUT2D eigenvalue weighted by molar-refractivity contribution is -0.116. The lowest BCUT2D eigenvalue weighted by atomic mass is 10.0. The molecule has 1 atom stereocenters. The van der Waals surface area contributed by atoms with Crippen LogP contribution in [0.25, 0.3) is 11.3 Å². The Morgan fingerprint density at radius 3 is 2.34 bits per heavy atom. The summed E-state index contributed by atoms with van der Waals surface area (Å²) in [5.74, 6) is -0.639. The zero-order valence-electron chi connectivity index (χ0n) is 20.2. The molecular formula is C28H30F2N4O. The fourth-order valence-corrected chi connectivity index (χ4v) is 4.42. The topological polar surface area (TPSA) is 58.5 Å². The van der Waals surface area contributed by atoms with Gasteiger partial charge in [0.15, 0.2) is 5.82 Å². The SMILES string of the molecule is CCCCCCN(C(C)=O)c1ccc(-c2ccc(C3CCC(c4c(F)cccc4F)=N3)cc2)nn1. The predicted molar refractivity (Wildman–Crippen MR) is 135 cm³/mol. The summed E-state index contributed by atoms with van der Waals surface area (Å²) >= 11 is 0. The third kappa shape index (κ3) is 5.78. The number of unbranched alkanes of at least 4 members (excludes halogenated alkanes) is 3. The van der Waals surface area contributed by atoms with Crippen LogP contribution in [-0.2, 0) is 4.79 Å². The Morgan fingerprint density at radius 1 is 0.971 bits per heavy atom. The highest BCUT2D eigenvalue weighted by Gasteiger charge is 2.24. The van der Waals surface area contributed by atoms with Crippen molar-refractivity contribution in [3.8, 4) is 11.3 Å². The molecule has 35 heavy (non-hydrogen) atoms. The van der Waals surface area contributed by atoms with Crippen LogP contribution in [0.4, 0.5) is 14.6 Å². The third-order valence-electron chi connectivity index (χ3n) is 6.35. The number of halogens is 2. The molecule has 0 bridgehead atoms. The van der Waals surface area contributed by atoms with Gasteiger partial charge < -0.3 is 0 Å². The summed E-state index contributed by atoms with van der Waals surface area (Å²) < 4.78 is 28.3. The zero-order valence-corrected chi connectivity index (χ0v) is 20.2. The molecule has 3 aromatic rings. The maximum atomic E-state index is 14.1. The number of carbonyl (C=O) groups is 1. The molecule has 0 saturated carbocycles. The van der Waals surface area contributed by atoms with Crippen LogP contribution in [0.3, 0.4) is 0 Å². The Balaban J connectivity index is 1.45. The summed E-state index contributed by atoms with van der Waals surface area (Å²) in [5.41, 5.74) is 3.04. The Kier molecular flexibility index (Phi) is 7.95. The first-order valence-electron chi connectivity index (χ1n) is 12.2. The standard InChI is InChI=1S/C28H30F2N4O/c1-3-4-5-6-18-34(19(2)35)27-17-16-25(32-33-27)21-12-10-20(11-13-21)24-14-15-26(31-24)28-22(29)8-7-9-23(28)30/h7-13,16-17,24H,3-6,14-15,18H2,1-2H3. The second kappa shape index (κ2) is 11.3. The highest BCUT2D eigenvalue weighted by molar-refractivity contribution is 6.02. The van der Waals surface area contributed by atoms with E-state index in [0.717, 1.165) is 36.8 Å². The van der Waals surface area contributed by atoms with E-state index in [1.165, 1.54) is 18.2 Å². The number of rotatable bonds is 9. The first-order chi connectivity index (χ1) is 17.0. The number of benzene rings is 2. The minimum absolute atomic E-state index is 0.0213. The first kappa shape index (κ1) is 24.6. The summed E-state index contributed by atoms with van der Waals surface area (Å²) in [6.07, 6.45) is 5.55. The molecule has 2 heterocycles. The van der Waals surface area contributed by atoms with Gasteiger partial charge in [-0.2, -0.15) is 0 Å².